The van der Waals surface area contributed by atoms with Gasteiger partial charge in [-0.25, -0.2) is 9.97 Å². The lowest BCUT2D eigenvalue weighted by Gasteiger charge is -2.19. The average molecular weight is 335 g/mol. The Kier molecular flexibility index (Phi) is 8.78. The summed E-state index contributed by atoms with van der Waals surface area (Å²) in [4.78, 5) is 20.6. The van der Waals surface area contributed by atoms with Crippen LogP contribution in [0.1, 0.15) is 56.3 Å². The number of rotatable bonds is 6. The monoisotopic (exact) mass is 334 g/mol. The van der Waals surface area contributed by atoms with E-state index >= 15 is 0 Å². The highest BCUT2D eigenvalue weighted by Gasteiger charge is 2.19. The normalized spacial score (nSPS) is 12.2. The SMILES string of the molecule is CC(C)CC(CN)NC(=O)c1nc(C(C)C)ncc1Cl.Cl. The van der Waals surface area contributed by atoms with Crippen molar-refractivity contribution in [2.75, 3.05) is 6.54 Å². The van der Waals surface area contributed by atoms with Gasteiger partial charge in [-0.1, -0.05) is 39.3 Å². The van der Waals surface area contributed by atoms with Gasteiger partial charge in [-0.15, -0.1) is 12.4 Å². The third kappa shape index (κ3) is 6.16. The third-order valence-electron chi connectivity index (χ3n) is 2.87. The summed E-state index contributed by atoms with van der Waals surface area (Å²) in [6, 6.07) is -0.0731. The van der Waals surface area contributed by atoms with Crippen LogP contribution in [0, 0.1) is 5.92 Å². The first-order chi connectivity index (χ1) is 9.35. The highest BCUT2D eigenvalue weighted by atomic mass is 35.5. The molecule has 21 heavy (non-hydrogen) atoms. The second-order valence-electron chi connectivity index (χ2n) is 5.62. The van der Waals surface area contributed by atoms with E-state index in [1.165, 1.54) is 6.20 Å². The van der Waals surface area contributed by atoms with Crippen LogP contribution < -0.4 is 11.1 Å². The molecule has 0 spiro atoms. The van der Waals surface area contributed by atoms with Crippen molar-refractivity contribution in [2.24, 2.45) is 11.7 Å². The number of hydrogen-bond acceptors (Lipinski definition) is 4. The maximum Gasteiger partial charge on any atom is 0.271 e. The van der Waals surface area contributed by atoms with Crippen molar-refractivity contribution in [2.45, 2.75) is 46.1 Å². The van der Waals surface area contributed by atoms with Gasteiger partial charge in [0.15, 0.2) is 0 Å². The van der Waals surface area contributed by atoms with Crippen molar-refractivity contribution in [1.82, 2.24) is 15.3 Å². The number of nitrogens with zero attached hydrogens (tertiary/aromatic N) is 2. The molecule has 0 aliphatic rings. The number of hydrogen-bond donors (Lipinski definition) is 2. The molecular weight excluding hydrogens is 311 g/mol. The van der Waals surface area contributed by atoms with Crippen LogP contribution in [0.25, 0.3) is 0 Å². The molecule has 0 radical (unpaired) electrons. The highest BCUT2D eigenvalue weighted by Crippen LogP contribution is 2.16. The van der Waals surface area contributed by atoms with Crippen molar-refractivity contribution in [3.63, 3.8) is 0 Å². The van der Waals surface area contributed by atoms with Gasteiger partial charge in [-0.2, -0.15) is 0 Å². The quantitative estimate of drug-likeness (QED) is 0.838. The molecule has 1 aromatic rings. The fourth-order valence-corrected chi connectivity index (χ4v) is 2.03. The van der Waals surface area contributed by atoms with E-state index in [0.717, 1.165) is 6.42 Å². The zero-order valence-corrected chi connectivity index (χ0v) is 14.5. The van der Waals surface area contributed by atoms with Crippen molar-refractivity contribution >= 4 is 29.9 Å². The van der Waals surface area contributed by atoms with Crippen molar-refractivity contribution in [3.8, 4) is 0 Å². The van der Waals surface area contributed by atoms with Gasteiger partial charge in [0.05, 0.1) is 11.2 Å². The molecule has 1 aromatic heterocycles. The molecule has 5 nitrogen and oxygen atoms in total. The van der Waals surface area contributed by atoms with E-state index in [1.807, 2.05) is 13.8 Å². The fraction of sp³-hybridized carbons (Fsp3) is 0.643. The van der Waals surface area contributed by atoms with Crippen LogP contribution in [-0.2, 0) is 0 Å². The van der Waals surface area contributed by atoms with Crippen LogP contribution in [-0.4, -0.2) is 28.5 Å². The van der Waals surface area contributed by atoms with Gasteiger partial charge in [-0.05, 0) is 12.3 Å². The number of nitrogens with two attached hydrogens (primary N) is 1. The lowest BCUT2D eigenvalue weighted by atomic mass is 10.0. The van der Waals surface area contributed by atoms with Crippen LogP contribution in [0.3, 0.4) is 0 Å². The molecule has 1 atom stereocenters. The standard InChI is InChI=1S/C14H23ClN4O.ClH/c1-8(2)5-10(6-16)18-14(20)12-11(15)7-17-13(19-12)9(3)4;/h7-10H,5-6,16H2,1-4H3,(H,18,20);1H. The van der Waals surface area contributed by atoms with Gasteiger partial charge in [-0.3, -0.25) is 4.79 Å². The number of aromatic nitrogens is 2. The lowest BCUT2D eigenvalue weighted by molar-refractivity contribution is 0.0928. The molecule has 1 heterocycles. The zero-order chi connectivity index (χ0) is 15.3. The van der Waals surface area contributed by atoms with E-state index < -0.39 is 0 Å². The molecule has 120 valence electrons. The fourth-order valence-electron chi connectivity index (χ4n) is 1.86. The van der Waals surface area contributed by atoms with Gasteiger partial charge < -0.3 is 11.1 Å². The Morgan fingerprint density at radius 1 is 1.38 bits per heavy atom. The smallest absolute Gasteiger partial charge is 0.271 e. The summed E-state index contributed by atoms with van der Waals surface area (Å²) in [5, 5.41) is 3.14. The van der Waals surface area contributed by atoms with E-state index in [9.17, 15) is 4.79 Å². The van der Waals surface area contributed by atoms with Crippen molar-refractivity contribution < 1.29 is 4.79 Å². The number of halogens is 2. The third-order valence-corrected chi connectivity index (χ3v) is 3.15. The Labute approximate surface area is 137 Å². The molecule has 0 fully saturated rings. The Hall–Kier alpha value is -0.910. The second kappa shape index (κ2) is 9.18. The molecule has 7 heteroatoms. The minimum atomic E-state index is -0.296. The van der Waals surface area contributed by atoms with E-state index in [0.29, 0.717) is 18.3 Å². The minimum absolute atomic E-state index is 0. The largest absolute Gasteiger partial charge is 0.347 e. The first kappa shape index (κ1) is 20.1. The Balaban J connectivity index is 0.00000400. The molecule has 0 saturated heterocycles. The van der Waals surface area contributed by atoms with Crippen LogP contribution in [0.4, 0.5) is 0 Å². The molecule has 0 bridgehead atoms. The maximum atomic E-state index is 12.2. The van der Waals surface area contributed by atoms with Gasteiger partial charge in [0, 0.05) is 18.5 Å². The number of amides is 1. The molecular formula is C14H24Cl2N4O. The highest BCUT2D eigenvalue weighted by molar-refractivity contribution is 6.33. The summed E-state index contributed by atoms with van der Waals surface area (Å²) in [7, 11) is 0. The first-order valence-electron chi connectivity index (χ1n) is 6.88. The Bertz CT molecular complexity index is 466. The summed E-state index contributed by atoms with van der Waals surface area (Å²) in [5.74, 6) is 0.902. The van der Waals surface area contributed by atoms with Crippen LogP contribution >= 0.6 is 24.0 Å². The van der Waals surface area contributed by atoms with Gasteiger partial charge in [0.25, 0.3) is 5.91 Å². The molecule has 0 aliphatic carbocycles. The van der Waals surface area contributed by atoms with E-state index in [1.54, 1.807) is 0 Å². The van der Waals surface area contributed by atoms with Gasteiger partial charge in [0.1, 0.15) is 11.5 Å². The van der Waals surface area contributed by atoms with E-state index in [2.05, 4.69) is 29.1 Å². The number of nitrogens with one attached hydrogen (secondary N) is 1. The second-order valence-corrected chi connectivity index (χ2v) is 6.02. The number of carbonyl (C=O) groups excluding carboxylic acids is 1. The zero-order valence-electron chi connectivity index (χ0n) is 12.9. The van der Waals surface area contributed by atoms with Gasteiger partial charge >= 0.3 is 0 Å². The minimum Gasteiger partial charge on any atom is -0.347 e. The molecule has 0 saturated carbocycles. The average Bonchev–Trinajstić information content (AvgIpc) is 2.37. The number of carbonyl (C=O) groups is 1. The Morgan fingerprint density at radius 2 is 2.00 bits per heavy atom. The predicted octanol–water partition coefficient (Wildman–Crippen LogP) is 2.78. The summed E-state index contributed by atoms with van der Waals surface area (Å²) in [5.41, 5.74) is 5.90. The molecule has 3 N–H and O–H groups in total. The molecule has 1 rings (SSSR count). The van der Waals surface area contributed by atoms with Crippen LogP contribution in [0.2, 0.25) is 5.02 Å². The molecule has 1 unspecified atom stereocenters. The Morgan fingerprint density at radius 3 is 2.48 bits per heavy atom. The van der Waals surface area contributed by atoms with Crippen molar-refractivity contribution in [1.29, 1.82) is 0 Å². The molecule has 0 aliphatic heterocycles. The predicted molar refractivity (Wildman–Crippen MR) is 88.1 cm³/mol. The van der Waals surface area contributed by atoms with Crippen LogP contribution in [0.5, 0.6) is 0 Å². The van der Waals surface area contributed by atoms with Gasteiger partial charge in [0.2, 0.25) is 0 Å². The van der Waals surface area contributed by atoms with Crippen LogP contribution in [0.15, 0.2) is 6.20 Å². The summed E-state index contributed by atoms with van der Waals surface area (Å²) in [6.07, 6.45) is 2.29. The maximum absolute atomic E-state index is 12.2. The van der Waals surface area contributed by atoms with E-state index in [4.69, 9.17) is 17.3 Å². The summed E-state index contributed by atoms with van der Waals surface area (Å²) in [6.45, 7) is 8.50. The summed E-state index contributed by atoms with van der Waals surface area (Å²) >= 11 is 6.01. The first-order valence-corrected chi connectivity index (χ1v) is 7.26. The summed E-state index contributed by atoms with van der Waals surface area (Å²) < 4.78 is 0. The lowest BCUT2D eigenvalue weighted by Crippen LogP contribution is -2.41. The van der Waals surface area contributed by atoms with E-state index in [-0.39, 0.29) is 41.0 Å². The topological polar surface area (TPSA) is 80.9 Å². The molecule has 1 amide bonds. The van der Waals surface area contributed by atoms with Crippen molar-refractivity contribution in [3.05, 3.63) is 22.7 Å². The molecule has 0 aromatic carbocycles.